The highest BCUT2D eigenvalue weighted by Gasteiger charge is 2.20. The minimum atomic E-state index is 0.680. The third-order valence-electron chi connectivity index (χ3n) is 3.60. The highest BCUT2D eigenvalue weighted by Crippen LogP contribution is 2.27. The summed E-state index contributed by atoms with van der Waals surface area (Å²) in [5, 5.41) is 3.70. The second kappa shape index (κ2) is 4.69. The number of hydrogen-bond acceptors (Lipinski definition) is 1. The topological polar surface area (TPSA) is 12.0 Å². The van der Waals surface area contributed by atoms with Crippen molar-refractivity contribution < 1.29 is 0 Å². The van der Waals surface area contributed by atoms with Gasteiger partial charge in [-0.3, -0.25) is 0 Å². The average molecular weight is 203 g/mol. The summed E-state index contributed by atoms with van der Waals surface area (Å²) >= 11 is 0. The van der Waals surface area contributed by atoms with Crippen molar-refractivity contribution in [2.45, 2.75) is 45.6 Å². The maximum atomic E-state index is 3.70. The van der Waals surface area contributed by atoms with E-state index in [1.165, 1.54) is 36.9 Å². The molecule has 2 atom stereocenters. The molecule has 0 aliphatic heterocycles. The first-order chi connectivity index (χ1) is 7.27. The maximum Gasteiger partial charge on any atom is 0.0372 e. The normalized spacial score (nSPS) is 26.3. The lowest BCUT2D eigenvalue weighted by Gasteiger charge is -2.30. The monoisotopic (exact) mass is 203 g/mol. The lowest BCUT2D eigenvalue weighted by atomic mass is 9.85. The van der Waals surface area contributed by atoms with Crippen molar-refractivity contribution in [1.82, 2.24) is 0 Å². The van der Waals surface area contributed by atoms with E-state index in [0.29, 0.717) is 6.04 Å². The summed E-state index contributed by atoms with van der Waals surface area (Å²) in [5.74, 6) is 0.818. The molecule has 15 heavy (non-hydrogen) atoms. The van der Waals surface area contributed by atoms with Gasteiger partial charge in [-0.15, -0.1) is 0 Å². The third kappa shape index (κ3) is 2.53. The first-order valence-corrected chi connectivity index (χ1v) is 6.09. The molecule has 0 radical (unpaired) electrons. The Kier molecular flexibility index (Phi) is 3.30. The van der Waals surface area contributed by atoms with Gasteiger partial charge < -0.3 is 5.32 Å². The quantitative estimate of drug-likeness (QED) is 0.766. The van der Waals surface area contributed by atoms with Crippen molar-refractivity contribution in [3.8, 4) is 0 Å². The summed E-state index contributed by atoms with van der Waals surface area (Å²) in [6.45, 7) is 4.55. The molecule has 0 aromatic heterocycles. The van der Waals surface area contributed by atoms with E-state index < -0.39 is 0 Å². The molecule has 82 valence electrons. The minimum Gasteiger partial charge on any atom is -0.382 e. The first-order valence-electron chi connectivity index (χ1n) is 6.09. The minimum absolute atomic E-state index is 0.680. The smallest absolute Gasteiger partial charge is 0.0372 e. The van der Waals surface area contributed by atoms with Crippen molar-refractivity contribution in [3.63, 3.8) is 0 Å². The van der Waals surface area contributed by atoms with Crippen LogP contribution in [0.1, 0.15) is 38.2 Å². The standard InChI is InChI=1S/C14H21N/c1-11-7-3-5-9-13(11)15-14-10-6-4-8-12(14)2/h3,5,7,9,12,14-15H,4,6,8,10H2,1-2H3/t12-,14+/m0/s1. The van der Waals surface area contributed by atoms with Crippen molar-refractivity contribution in [1.29, 1.82) is 0 Å². The number of benzene rings is 1. The van der Waals surface area contributed by atoms with E-state index >= 15 is 0 Å². The van der Waals surface area contributed by atoms with Crippen LogP contribution in [0.3, 0.4) is 0 Å². The van der Waals surface area contributed by atoms with Crippen molar-refractivity contribution >= 4 is 5.69 Å². The summed E-state index contributed by atoms with van der Waals surface area (Å²) in [4.78, 5) is 0. The van der Waals surface area contributed by atoms with Crippen LogP contribution in [0.25, 0.3) is 0 Å². The highest BCUT2D eigenvalue weighted by atomic mass is 14.9. The number of nitrogens with one attached hydrogen (secondary N) is 1. The molecule has 0 amide bonds. The number of hydrogen-bond donors (Lipinski definition) is 1. The lowest BCUT2D eigenvalue weighted by molar-refractivity contribution is 0.349. The lowest BCUT2D eigenvalue weighted by Crippen LogP contribution is -2.30. The van der Waals surface area contributed by atoms with Crippen LogP contribution >= 0.6 is 0 Å². The van der Waals surface area contributed by atoms with Gasteiger partial charge >= 0.3 is 0 Å². The molecule has 1 aliphatic carbocycles. The predicted octanol–water partition coefficient (Wildman–Crippen LogP) is 3.99. The first kappa shape index (κ1) is 10.5. The Bertz CT molecular complexity index is 319. The molecular weight excluding hydrogens is 182 g/mol. The summed E-state index contributed by atoms with van der Waals surface area (Å²) in [6, 6.07) is 9.26. The van der Waals surface area contributed by atoms with Gasteiger partial charge in [-0.1, -0.05) is 38.0 Å². The van der Waals surface area contributed by atoms with E-state index in [2.05, 4.69) is 43.4 Å². The second-order valence-corrected chi connectivity index (χ2v) is 4.83. The Balaban J connectivity index is 2.04. The fourth-order valence-electron chi connectivity index (χ4n) is 2.47. The molecule has 1 nitrogen and oxygen atoms in total. The van der Waals surface area contributed by atoms with Gasteiger partial charge in [0.05, 0.1) is 0 Å². The third-order valence-corrected chi connectivity index (χ3v) is 3.60. The average Bonchev–Trinajstić information content (AvgIpc) is 2.24. The molecule has 1 aromatic carbocycles. The second-order valence-electron chi connectivity index (χ2n) is 4.83. The highest BCUT2D eigenvalue weighted by molar-refractivity contribution is 5.51. The van der Waals surface area contributed by atoms with Crippen molar-refractivity contribution in [2.24, 2.45) is 5.92 Å². The van der Waals surface area contributed by atoms with Crippen LogP contribution in [0.2, 0.25) is 0 Å². The summed E-state index contributed by atoms with van der Waals surface area (Å²) < 4.78 is 0. The molecule has 0 heterocycles. The van der Waals surface area contributed by atoms with Gasteiger partial charge in [-0.2, -0.15) is 0 Å². The maximum absolute atomic E-state index is 3.70. The molecule has 1 aromatic rings. The Morgan fingerprint density at radius 3 is 2.60 bits per heavy atom. The molecular formula is C14H21N. The SMILES string of the molecule is Cc1ccccc1N[C@@H]1CCCC[C@@H]1C. The molecule has 1 heteroatoms. The number of anilines is 1. The zero-order valence-electron chi connectivity index (χ0n) is 9.79. The van der Waals surface area contributed by atoms with Gasteiger partial charge in [0, 0.05) is 11.7 Å². The largest absolute Gasteiger partial charge is 0.382 e. The van der Waals surface area contributed by atoms with Crippen LogP contribution in [0.4, 0.5) is 5.69 Å². The van der Waals surface area contributed by atoms with Crippen LogP contribution in [-0.4, -0.2) is 6.04 Å². The number of para-hydroxylation sites is 1. The van der Waals surface area contributed by atoms with Crippen LogP contribution in [0.5, 0.6) is 0 Å². The van der Waals surface area contributed by atoms with E-state index in [9.17, 15) is 0 Å². The predicted molar refractivity (Wildman–Crippen MR) is 66.2 cm³/mol. The zero-order chi connectivity index (χ0) is 10.7. The van der Waals surface area contributed by atoms with Gasteiger partial charge in [-0.05, 0) is 37.3 Å². The molecule has 2 rings (SSSR count). The zero-order valence-corrected chi connectivity index (χ0v) is 9.79. The number of aryl methyl sites for hydroxylation is 1. The Morgan fingerprint density at radius 1 is 1.13 bits per heavy atom. The molecule has 1 fully saturated rings. The van der Waals surface area contributed by atoms with E-state index in [1.54, 1.807) is 0 Å². The Labute approximate surface area is 92.9 Å². The molecule has 1 N–H and O–H groups in total. The summed E-state index contributed by atoms with van der Waals surface area (Å²) in [7, 11) is 0. The van der Waals surface area contributed by atoms with Gasteiger partial charge in [0.15, 0.2) is 0 Å². The molecule has 0 bridgehead atoms. The Hall–Kier alpha value is -0.980. The van der Waals surface area contributed by atoms with E-state index in [-0.39, 0.29) is 0 Å². The molecule has 0 saturated heterocycles. The summed E-state index contributed by atoms with van der Waals surface area (Å²) in [5.41, 5.74) is 2.67. The molecule has 0 unspecified atom stereocenters. The fourth-order valence-corrected chi connectivity index (χ4v) is 2.47. The molecule has 1 saturated carbocycles. The van der Waals surface area contributed by atoms with Crippen molar-refractivity contribution in [2.75, 3.05) is 5.32 Å². The fraction of sp³-hybridized carbons (Fsp3) is 0.571. The van der Waals surface area contributed by atoms with Crippen LogP contribution < -0.4 is 5.32 Å². The van der Waals surface area contributed by atoms with E-state index in [0.717, 1.165) is 5.92 Å². The van der Waals surface area contributed by atoms with Gasteiger partial charge in [0.1, 0.15) is 0 Å². The molecule has 0 spiro atoms. The van der Waals surface area contributed by atoms with E-state index in [1.807, 2.05) is 0 Å². The number of rotatable bonds is 2. The van der Waals surface area contributed by atoms with Gasteiger partial charge in [0.2, 0.25) is 0 Å². The molecule has 1 aliphatic rings. The Morgan fingerprint density at radius 2 is 1.87 bits per heavy atom. The van der Waals surface area contributed by atoms with Crippen LogP contribution in [0, 0.1) is 12.8 Å². The van der Waals surface area contributed by atoms with Gasteiger partial charge in [-0.25, -0.2) is 0 Å². The van der Waals surface area contributed by atoms with Crippen molar-refractivity contribution in [3.05, 3.63) is 29.8 Å². The van der Waals surface area contributed by atoms with Crippen LogP contribution in [0.15, 0.2) is 24.3 Å². The summed E-state index contributed by atoms with van der Waals surface area (Å²) in [6.07, 6.45) is 5.50. The van der Waals surface area contributed by atoms with E-state index in [4.69, 9.17) is 0 Å². The van der Waals surface area contributed by atoms with Crippen LogP contribution in [-0.2, 0) is 0 Å². The van der Waals surface area contributed by atoms with Gasteiger partial charge in [0.25, 0.3) is 0 Å².